The molecule has 2 aromatic carbocycles. The molecule has 2 rings (SSSR count). The second-order valence-electron chi connectivity index (χ2n) is 3.76. The number of benzene rings is 2. The molecule has 106 valence electrons. The average molecular weight is 333 g/mol. The molecule has 20 heavy (non-hydrogen) atoms. The molecule has 4 nitrogen and oxygen atoms in total. The maximum absolute atomic E-state index is 12.2. The molecular weight excluding hydrogens is 323 g/mol. The van der Waals surface area contributed by atoms with Crippen LogP contribution in [0.2, 0.25) is 10.0 Å². The number of para-hydroxylation sites is 1. The van der Waals surface area contributed by atoms with Crippen LogP contribution in [0.5, 0.6) is 11.5 Å². The highest BCUT2D eigenvalue weighted by Gasteiger charge is 2.21. The van der Waals surface area contributed by atoms with Crippen LogP contribution < -0.4 is 8.92 Å². The minimum Gasteiger partial charge on any atom is -0.495 e. The van der Waals surface area contributed by atoms with E-state index in [0.29, 0.717) is 5.02 Å². The summed E-state index contributed by atoms with van der Waals surface area (Å²) in [5.74, 6) is 0.276. The standard InChI is InChI=1S/C13H10Cl2O4S/c1-18-12-4-2-3-5-13(12)20(16,17)19-9-6-7-10(14)11(15)8-9/h2-8H,1H3. The monoisotopic (exact) mass is 332 g/mol. The van der Waals surface area contributed by atoms with Crippen molar-refractivity contribution in [1.29, 1.82) is 0 Å². The molecule has 0 fully saturated rings. The van der Waals surface area contributed by atoms with Crippen molar-refractivity contribution in [2.75, 3.05) is 7.11 Å². The van der Waals surface area contributed by atoms with Crippen molar-refractivity contribution in [2.24, 2.45) is 0 Å². The normalized spacial score (nSPS) is 11.2. The Balaban J connectivity index is 2.38. The van der Waals surface area contributed by atoms with Crippen LogP contribution >= 0.6 is 23.2 Å². The van der Waals surface area contributed by atoms with Gasteiger partial charge in [-0.1, -0.05) is 35.3 Å². The largest absolute Gasteiger partial charge is 0.495 e. The van der Waals surface area contributed by atoms with E-state index in [-0.39, 0.29) is 21.4 Å². The Morgan fingerprint density at radius 3 is 2.35 bits per heavy atom. The van der Waals surface area contributed by atoms with Crippen LogP contribution in [0, 0.1) is 0 Å². The smallest absolute Gasteiger partial charge is 0.342 e. The molecule has 0 spiro atoms. The van der Waals surface area contributed by atoms with Crippen LogP contribution in [0.3, 0.4) is 0 Å². The zero-order valence-corrected chi connectivity index (χ0v) is 12.7. The summed E-state index contributed by atoms with van der Waals surface area (Å²) >= 11 is 11.6. The van der Waals surface area contributed by atoms with E-state index in [2.05, 4.69) is 0 Å². The molecule has 7 heteroatoms. The third-order valence-corrected chi connectivity index (χ3v) is 4.46. The van der Waals surface area contributed by atoms with E-state index >= 15 is 0 Å². The third kappa shape index (κ3) is 3.17. The van der Waals surface area contributed by atoms with Crippen LogP contribution in [0.4, 0.5) is 0 Å². The van der Waals surface area contributed by atoms with Gasteiger partial charge in [0.15, 0.2) is 0 Å². The summed E-state index contributed by atoms with van der Waals surface area (Å²) in [6.07, 6.45) is 0. The lowest BCUT2D eigenvalue weighted by Gasteiger charge is -2.10. The maximum Gasteiger partial charge on any atom is 0.342 e. The van der Waals surface area contributed by atoms with Crippen molar-refractivity contribution in [1.82, 2.24) is 0 Å². The van der Waals surface area contributed by atoms with Gasteiger partial charge in [0.2, 0.25) is 0 Å². The molecule has 0 bridgehead atoms. The molecule has 0 radical (unpaired) electrons. The Kier molecular flexibility index (Phi) is 4.42. The summed E-state index contributed by atoms with van der Waals surface area (Å²) in [6, 6.07) is 10.4. The molecular formula is C13H10Cl2O4S. The minimum absolute atomic E-state index is 0.0615. The van der Waals surface area contributed by atoms with Crippen LogP contribution in [-0.4, -0.2) is 15.5 Å². The van der Waals surface area contributed by atoms with E-state index in [1.165, 1.54) is 37.4 Å². The summed E-state index contributed by atoms with van der Waals surface area (Å²) in [5.41, 5.74) is 0. The zero-order chi connectivity index (χ0) is 14.8. The zero-order valence-electron chi connectivity index (χ0n) is 10.3. The first-order chi connectivity index (χ1) is 9.44. The van der Waals surface area contributed by atoms with Crippen molar-refractivity contribution >= 4 is 33.3 Å². The van der Waals surface area contributed by atoms with Gasteiger partial charge in [0.05, 0.1) is 17.2 Å². The second-order valence-corrected chi connectivity index (χ2v) is 6.09. The lowest BCUT2D eigenvalue weighted by atomic mass is 10.3. The molecule has 0 heterocycles. The van der Waals surface area contributed by atoms with Gasteiger partial charge in [0.1, 0.15) is 16.4 Å². The molecule has 0 aliphatic heterocycles. The fourth-order valence-electron chi connectivity index (χ4n) is 1.53. The summed E-state index contributed by atoms with van der Waals surface area (Å²) in [6.45, 7) is 0. The fraction of sp³-hybridized carbons (Fsp3) is 0.0769. The van der Waals surface area contributed by atoms with E-state index in [1.807, 2.05) is 0 Å². The Hall–Kier alpha value is -1.43. The summed E-state index contributed by atoms with van der Waals surface area (Å²) in [5, 5.41) is 0.521. The maximum atomic E-state index is 12.2. The van der Waals surface area contributed by atoms with Crippen molar-refractivity contribution in [3.05, 3.63) is 52.5 Å². The molecule has 0 aliphatic rings. The number of methoxy groups -OCH3 is 1. The predicted molar refractivity (Wildman–Crippen MR) is 77.3 cm³/mol. The van der Waals surface area contributed by atoms with Gasteiger partial charge in [-0.25, -0.2) is 0 Å². The van der Waals surface area contributed by atoms with E-state index in [1.54, 1.807) is 12.1 Å². The fourth-order valence-corrected chi connectivity index (χ4v) is 2.90. The topological polar surface area (TPSA) is 52.6 Å². The van der Waals surface area contributed by atoms with Crippen LogP contribution in [-0.2, 0) is 10.1 Å². The van der Waals surface area contributed by atoms with Crippen LogP contribution in [0.1, 0.15) is 0 Å². The lowest BCUT2D eigenvalue weighted by molar-refractivity contribution is 0.398. The van der Waals surface area contributed by atoms with Gasteiger partial charge in [-0.05, 0) is 24.3 Å². The summed E-state index contributed by atoms with van der Waals surface area (Å²) < 4.78 is 34.4. The molecule has 2 aromatic rings. The van der Waals surface area contributed by atoms with Crippen molar-refractivity contribution in [3.8, 4) is 11.5 Å². The minimum atomic E-state index is -4.01. The van der Waals surface area contributed by atoms with Crippen molar-refractivity contribution in [3.63, 3.8) is 0 Å². The molecule has 0 saturated carbocycles. The quantitative estimate of drug-likeness (QED) is 0.799. The molecule has 0 saturated heterocycles. The number of hydrogen-bond acceptors (Lipinski definition) is 4. The van der Waals surface area contributed by atoms with Gasteiger partial charge in [-0.15, -0.1) is 0 Å². The van der Waals surface area contributed by atoms with E-state index in [4.69, 9.17) is 32.1 Å². The van der Waals surface area contributed by atoms with Gasteiger partial charge >= 0.3 is 10.1 Å². The van der Waals surface area contributed by atoms with E-state index in [0.717, 1.165) is 0 Å². The molecule has 0 aromatic heterocycles. The predicted octanol–water partition coefficient (Wildman–Crippen LogP) is 3.77. The SMILES string of the molecule is COc1ccccc1S(=O)(=O)Oc1ccc(Cl)c(Cl)c1. The van der Waals surface area contributed by atoms with E-state index < -0.39 is 10.1 Å². The highest BCUT2D eigenvalue weighted by atomic mass is 35.5. The Bertz CT molecular complexity index is 729. The summed E-state index contributed by atoms with van der Waals surface area (Å²) in [7, 11) is -2.63. The third-order valence-electron chi connectivity index (χ3n) is 2.44. The molecule has 0 amide bonds. The van der Waals surface area contributed by atoms with Gasteiger partial charge < -0.3 is 8.92 Å². The first-order valence-electron chi connectivity index (χ1n) is 5.46. The van der Waals surface area contributed by atoms with Crippen molar-refractivity contribution < 1.29 is 17.3 Å². The number of ether oxygens (including phenoxy) is 1. The Morgan fingerprint density at radius 1 is 1.00 bits per heavy atom. The molecule has 0 unspecified atom stereocenters. The van der Waals surface area contributed by atoms with Gasteiger partial charge in [-0.2, -0.15) is 8.42 Å². The Morgan fingerprint density at radius 2 is 1.70 bits per heavy atom. The average Bonchev–Trinajstić information content (AvgIpc) is 2.42. The first-order valence-corrected chi connectivity index (χ1v) is 7.63. The van der Waals surface area contributed by atoms with Crippen molar-refractivity contribution in [2.45, 2.75) is 4.90 Å². The van der Waals surface area contributed by atoms with E-state index in [9.17, 15) is 8.42 Å². The number of halogens is 2. The van der Waals surface area contributed by atoms with Gasteiger partial charge in [-0.3, -0.25) is 0 Å². The van der Waals surface area contributed by atoms with Crippen LogP contribution in [0.15, 0.2) is 47.4 Å². The highest BCUT2D eigenvalue weighted by molar-refractivity contribution is 7.87. The Labute approximate surface area is 127 Å². The number of hydrogen-bond donors (Lipinski definition) is 0. The summed E-state index contributed by atoms with van der Waals surface area (Å²) in [4.78, 5) is -0.0615. The van der Waals surface area contributed by atoms with Gasteiger partial charge in [0, 0.05) is 6.07 Å². The van der Waals surface area contributed by atoms with Gasteiger partial charge in [0.25, 0.3) is 0 Å². The second kappa shape index (κ2) is 5.91. The molecule has 0 N–H and O–H groups in total. The first kappa shape index (κ1) is 15.0. The lowest BCUT2D eigenvalue weighted by Crippen LogP contribution is -2.11. The molecule has 0 atom stereocenters. The molecule has 0 aliphatic carbocycles. The highest BCUT2D eigenvalue weighted by Crippen LogP contribution is 2.30. The number of rotatable bonds is 4. The van der Waals surface area contributed by atoms with Crippen LogP contribution in [0.25, 0.3) is 0 Å².